The number of aliphatic hydroxyl groups is 1. The molecule has 2 atom stereocenters. The zero-order valence-electron chi connectivity index (χ0n) is 9.34. The molecule has 1 rings (SSSR count). The highest BCUT2D eigenvalue weighted by atomic mass is 16.3. The van der Waals surface area contributed by atoms with Crippen LogP contribution in [0, 0.1) is 11.8 Å². The van der Waals surface area contributed by atoms with E-state index in [1.807, 2.05) is 0 Å². The van der Waals surface area contributed by atoms with Crippen LogP contribution in [0.4, 0.5) is 0 Å². The van der Waals surface area contributed by atoms with Gasteiger partial charge < -0.3 is 5.11 Å². The predicted molar refractivity (Wildman–Crippen MR) is 56.7 cm³/mol. The van der Waals surface area contributed by atoms with Crippen molar-refractivity contribution in [1.82, 2.24) is 0 Å². The molecule has 0 bridgehead atoms. The molecule has 1 N–H and O–H groups in total. The second-order valence-electron chi connectivity index (χ2n) is 4.88. The summed E-state index contributed by atoms with van der Waals surface area (Å²) in [4.78, 5) is 0. The molecule has 1 aliphatic carbocycles. The van der Waals surface area contributed by atoms with Gasteiger partial charge in [0.25, 0.3) is 0 Å². The van der Waals surface area contributed by atoms with Crippen molar-refractivity contribution in [1.29, 1.82) is 0 Å². The van der Waals surface area contributed by atoms with Crippen molar-refractivity contribution in [2.75, 3.05) is 0 Å². The Hall–Kier alpha value is -0.0400. The third-order valence-corrected chi connectivity index (χ3v) is 3.72. The molecule has 1 aliphatic rings. The number of hydrogen-bond donors (Lipinski definition) is 1. The third kappa shape index (κ3) is 2.25. The van der Waals surface area contributed by atoms with Crippen LogP contribution in [0.1, 0.15) is 59.3 Å². The quantitative estimate of drug-likeness (QED) is 0.713. The molecule has 1 fully saturated rings. The zero-order valence-corrected chi connectivity index (χ0v) is 9.34. The lowest BCUT2D eigenvalue weighted by molar-refractivity contribution is -0.0873. The Labute approximate surface area is 82.5 Å². The van der Waals surface area contributed by atoms with E-state index >= 15 is 0 Å². The second-order valence-corrected chi connectivity index (χ2v) is 4.88. The molecule has 0 unspecified atom stereocenters. The third-order valence-electron chi connectivity index (χ3n) is 3.72. The van der Waals surface area contributed by atoms with Crippen molar-refractivity contribution in [3.63, 3.8) is 0 Å². The van der Waals surface area contributed by atoms with E-state index in [1.165, 1.54) is 32.1 Å². The first kappa shape index (κ1) is 11.0. The van der Waals surface area contributed by atoms with Crippen LogP contribution in [0.3, 0.4) is 0 Å². The molecular formula is C12H24O. The second kappa shape index (κ2) is 4.45. The fraction of sp³-hybridized carbons (Fsp3) is 1.00. The minimum Gasteiger partial charge on any atom is -0.389 e. The predicted octanol–water partition coefficient (Wildman–Crippen LogP) is 3.36. The topological polar surface area (TPSA) is 20.2 Å². The Kier molecular flexibility index (Phi) is 3.78. The standard InChI is InChI=1S/C12H24O/c1-4-7-11-8-5-6-9-12(11,13)10(2)3/h10-11,13H,4-9H2,1-3H3/t11-,12-/m0/s1. The van der Waals surface area contributed by atoms with Gasteiger partial charge in [0.2, 0.25) is 0 Å². The van der Waals surface area contributed by atoms with Crippen molar-refractivity contribution < 1.29 is 5.11 Å². The monoisotopic (exact) mass is 184 g/mol. The van der Waals surface area contributed by atoms with Gasteiger partial charge in [0, 0.05) is 0 Å². The average Bonchev–Trinajstić information content (AvgIpc) is 2.09. The van der Waals surface area contributed by atoms with Gasteiger partial charge in [-0.05, 0) is 31.1 Å². The van der Waals surface area contributed by atoms with Gasteiger partial charge in [-0.15, -0.1) is 0 Å². The first-order valence-electron chi connectivity index (χ1n) is 5.83. The van der Waals surface area contributed by atoms with Crippen LogP contribution < -0.4 is 0 Å². The fourth-order valence-corrected chi connectivity index (χ4v) is 2.76. The largest absolute Gasteiger partial charge is 0.389 e. The van der Waals surface area contributed by atoms with Gasteiger partial charge in [-0.25, -0.2) is 0 Å². The maximum Gasteiger partial charge on any atom is 0.0698 e. The first-order chi connectivity index (χ1) is 6.11. The van der Waals surface area contributed by atoms with Gasteiger partial charge in [-0.2, -0.15) is 0 Å². The summed E-state index contributed by atoms with van der Waals surface area (Å²) in [6.45, 7) is 6.54. The molecule has 0 aliphatic heterocycles. The summed E-state index contributed by atoms with van der Waals surface area (Å²) in [6.07, 6.45) is 7.21. The van der Waals surface area contributed by atoms with Crippen LogP contribution in [-0.4, -0.2) is 10.7 Å². The molecule has 0 heterocycles. The van der Waals surface area contributed by atoms with Crippen LogP contribution in [-0.2, 0) is 0 Å². The number of rotatable bonds is 3. The van der Waals surface area contributed by atoms with Crippen LogP contribution >= 0.6 is 0 Å². The summed E-state index contributed by atoms with van der Waals surface area (Å²) < 4.78 is 0. The minimum atomic E-state index is -0.353. The molecule has 78 valence electrons. The Bertz CT molecular complexity index is 151. The SMILES string of the molecule is CCC[C@H]1CCCC[C@]1(O)C(C)C. The van der Waals surface area contributed by atoms with E-state index in [4.69, 9.17) is 0 Å². The lowest BCUT2D eigenvalue weighted by Gasteiger charge is -2.43. The smallest absolute Gasteiger partial charge is 0.0698 e. The summed E-state index contributed by atoms with van der Waals surface area (Å²) in [5.74, 6) is 0.982. The van der Waals surface area contributed by atoms with E-state index in [-0.39, 0.29) is 5.60 Å². The number of hydrogen-bond acceptors (Lipinski definition) is 1. The fourth-order valence-electron chi connectivity index (χ4n) is 2.76. The highest BCUT2D eigenvalue weighted by molar-refractivity contribution is 4.91. The summed E-state index contributed by atoms with van der Waals surface area (Å²) in [7, 11) is 0. The molecule has 0 saturated heterocycles. The van der Waals surface area contributed by atoms with Gasteiger partial charge in [-0.1, -0.05) is 40.0 Å². The van der Waals surface area contributed by atoms with Gasteiger partial charge >= 0.3 is 0 Å². The van der Waals surface area contributed by atoms with Crippen molar-refractivity contribution in [2.24, 2.45) is 11.8 Å². The van der Waals surface area contributed by atoms with Crippen LogP contribution in [0.5, 0.6) is 0 Å². The van der Waals surface area contributed by atoms with Gasteiger partial charge in [0.05, 0.1) is 5.60 Å². The summed E-state index contributed by atoms with van der Waals surface area (Å²) in [5, 5.41) is 10.5. The highest BCUT2D eigenvalue weighted by Crippen LogP contribution is 2.41. The van der Waals surface area contributed by atoms with E-state index in [9.17, 15) is 5.11 Å². The van der Waals surface area contributed by atoms with Crippen LogP contribution in [0.15, 0.2) is 0 Å². The van der Waals surface area contributed by atoms with E-state index in [1.54, 1.807) is 0 Å². The molecule has 0 aromatic carbocycles. The van der Waals surface area contributed by atoms with Crippen LogP contribution in [0.25, 0.3) is 0 Å². The highest BCUT2D eigenvalue weighted by Gasteiger charge is 2.40. The summed E-state index contributed by atoms with van der Waals surface area (Å²) in [5.41, 5.74) is -0.353. The maximum atomic E-state index is 10.5. The van der Waals surface area contributed by atoms with E-state index in [0.717, 1.165) is 6.42 Å². The zero-order chi connectivity index (χ0) is 9.90. The summed E-state index contributed by atoms with van der Waals surface area (Å²) >= 11 is 0. The molecule has 13 heavy (non-hydrogen) atoms. The normalized spacial score (nSPS) is 35.3. The van der Waals surface area contributed by atoms with Crippen molar-refractivity contribution in [3.05, 3.63) is 0 Å². The molecule has 1 nitrogen and oxygen atoms in total. The van der Waals surface area contributed by atoms with E-state index < -0.39 is 0 Å². The van der Waals surface area contributed by atoms with Gasteiger partial charge in [0.1, 0.15) is 0 Å². The van der Waals surface area contributed by atoms with Crippen LogP contribution in [0.2, 0.25) is 0 Å². The molecule has 1 saturated carbocycles. The molecule has 0 spiro atoms. The molecule has 0 radical (unpaired) electrons. The van der Waals surface area contributed by atoms with Gasteiger partial charge in [-0.3, -0.25) is 0 Å². The lowest BCUT2D eigenvalue weighted by atomic mass is 9.68. The molecule has 0 aromatic rings. The lowest BCUT2D eigenvalue weighted by Crippen LogP contribution is -2.45. The molecule has 0 aromatic heterocycles. The Balaban J connectivity index is 2.65. The minimum absolute atomic E-state index is 0.353. The molecular weight excluding hydrogens is 160 g/mol. The van der Waals surface area contributed by atoms with Gasteiger partial charge in [0.15, 0.2) is 0 Å². The Morgan fingerprint density at radius 2 is 2.08 bits per heavy atom. The molecule has 1 heteroatoms. The van der Waals surface area contributed by atoms with Crippen molar-refractivity contribution >= 4 is 0 Å². The maximum absolute atomic E-state index is 10.5. The summed E-state index contributed by atoms with van der Waals surface area (Å²) in [6, 6.07) is 0. The Morgan fingerprint density at radius 1 is 1.38 bits per heavy atom. The average molecular weight is 184 g/mol. The van der Waals surface area contributed by atoms with E-state index in [0.29, 0.717) is 11.8 Å². The first-order valence-corrected chi connectivity index (χ1v) is 5.83. The van der Waals surface area contributed by atoms with Crippen molar-refractivity contribution in [2.45, 2.75) is 64.9 Å². The van der Waals surface area contributed by atoms with Crippen molar-refractivity contribution in [3.8, 4) is 0 Å². The molecule has 0 amide bonds. The van der Waals surface area contributed by atoms with E-state index in [2.05, 4.69) is 20.8 Å². The Morgan fingerprint density at radius 3 is 2.62 bits per heavy atom.